The minimum atomic E-state index is 0.636. The lowest BCUT2D eigenvalue weighted by Crippen LogP contribution is -2.32. The van der Waals surface area contributed by atoms with E-state index in [-0.39, 0.29) is 0 Å². The molecule has 0 amide bonds. The van der Waals surface area contributed by atoms with Crippen LogP contribution in [0.1, 0.15) is 18.7 Å². The van der Waals surface area contributed by atoms with Crippen LogP contribution >= 0.6 is 0 Å². The molecule has 0 radical (unpaired) electrons. The zero-order valence-corrected chi connectivity index (χ0v) is 12.5. The molecule has 2 rings (SSSR count). The first-order valence-electron chi connectivity index (χ1n) is 7.30. The van der Waals surface area contributed by atoms with Crippen LogP contribution in [-0.4, -0.2) is 61.2 Å². The number of ether oxygens (including phenoxy) is 1. The summed E-state index contributed by atoms with van der Waals surface area (Å²) < 4.78 is 5.23. The van der Waals surface area contributed by atoms with E-state index in [0.717, 1.165) is 63.8 Å². The average Bonchev–Trinajstić information content (AvgIpc) is 2.70. The van der Waals surface area contributed by atoms with Crippen LogP contribution in [0.15, 0.2) is 6.07 Å². The largest absolute Gasteiger partial charge is 0.481 e. The summed E-state index contributed by atoms with van der Waals surface area (Å²) in [5.41, 5.74) is 5.58. The van der Waals surface area contributed by atoms with Crippen LogP contribution < -0.4 is 15.4 Å². The standard InChI is InChI=1S/C14H25N5O/c1-12-16-13(11-14(17-12)20-2)19-8-4-7-18(9-10-19)6-3-5-15/h11H,3-10,15H2,1-2H3. The molecule has 6 heteroatoms. The summed E-state index contributed by atoms with van der Waals surface area (Å²) in [6.45, 7) is 7.97. The number of hydrogen-bond acceptors (Lipinski definition) is 6. The number of nitrogens with two attached hydrogens (primary N) is 1. The molecule has 1 fully saturated rings. The third-order valence-electron chi connectivity index (χ3n) is 3.60. The molecule has 0 aliphatic carbocycles. The second-order valence-corrected chi connectivity index (χ2v) is 5.14. The molecule has 0 bridgehead atoms. The second-order valence-electron chi connectivity index (χ2n) is 5.14. The Bertz CT molecular complexity index is 426. The lowest BCUT2D eigenvalue weighted by atomic mass is 10.3. The van der Waals surface area contributed by atoms with Crippen molar-refractivity contribution in [3.05, 3.63) is 11.9 Å². The Morgan fingerprint density at radius 1 is 1.25 bits per heavy atom. The van der Waals surface area contributed by atoms with Gasteiger partial charge in [-0.3, -0.25) is 0 Å². The van der Waals surface area contributed by atoms with E-state index in [9.17, 15) is 0 Å². The summed E-state index contributed by atoms with van der Waals surface area (Å²) in [5.74, 6) is 2.36. The van der Waals surface area contributed by atoms with Gasteiger partial charge in [-0.1, -0.05) is 0 Å². The molecule has 0 spiro atoms. The van der Waals surface area contributed by atoms with E-state index in [1.54, 1.807) is 7.11 Å². The van der Waals surface area contributed by atoms with Gasteiger partial charge in [0.2, 0.25) is 5.88 Å². The Morgan fingerprint density at radius 2 is 2.10 bits per heavy atom. The Morgan fingerprint density at radius 3 is 2.85 bits per heavy atom. The first-order chi connectivity index (χ1) is 9.72. The smallest absolute Gasteiger partial charge is 0.218 e. The van der Waals surface area contributed by atoms with Gasteiger partial charge >= 0.3 is 0 Å². The van der Waals surface area contributed by atoms with Gasteiger partial charge in [0, 0.05) is 25.7 Å². The summed E-state index contributed by atoms with van der Waals surface area (Å²) in [7, 11) is 1.64. The van der Waals surface area contributed by atoms with Crippen LogP contribution in [0, 0.1) is 6.92 Å². The van der Waals surface area contributed by atoms with Crippen LogP contribution in [-0.2, 0) is 0 Å². The van der Waals surface area contributed by atoms with Crippen molar-refractivity contribution in [1.29, 1.82) is 0 Å². The van der Waals surface area contributed by atoms with Crippen molar-refractivity contribution in [2.75, 3.05) is 51.3 Å². The summed E-state index contributed by atoms with van der Waals surface area (Å²) in [5, 5.41) is 0. The molecule has 1 aromatic heterocycles. The Kier molecular flexibility index (Phi) is 5.55. The first kappa shape index (κ1) is 15.0. The highest BCUT2D eigenvalue weighted by Gasteiger charge is 2.16. The van der Waals surface area contributed by atoms with Crippen LogP contribution in [0.5, 0.6) is 5.88 Å². The van der Waals surface area contributed by atoms with Crippen molar-refractivity contribution in [1.82, 2.24) is 14.9 Å². The van der Waals surface area contributed by atoms with Crippen molar-refractivity contribution in [2.45, 2.75) is 19.8 Å². The third-order valence-corrected chi connectivity index (χ3v) is 3.60. The van der Waals surface area contributed by atoms with E-state index in [0.29, 0.717) is 5.88 Å². The fourth-order valence-electron chi connectivity index (χ4n) is 2.53. The molecule has 2 heterocycles. The maximum Gasteiger partial charge on any atom is 0.218 e. The predicted molar refractivity (Wildman–Crippen MR) is 80.3 cm³/mol. The normalized spacial score (nSPS) is 17.1. The van der Waals surface area contributed by atoms with Crippen molar-refractivity contribution < 1.29 is 4.74 Å². The SMILES string of the molecule is COc1cc(N2CCCN(CCCN)CC2)nc(C)n1. The lowest BCUT2D eigenvalue weighted by Gasteiger charge is -2.23. The maximum atomic E-state index is 5.58. The van der Waals surface area contributed by atoms with Gasteiger partial charge < -0.3 is 20.3 Å². The zero-order valence-electron chi connectivity index (χ0n) is 12.5. The maximum absolute atomic E-state index is 5.58. The van der Waals surface area contributed by atoms with E-state index < -0.39 is 0 Å². The minimum absolute atomic E-state index is 0.636. The molecule has 1 aliphatic rings. The molecule has 1 aromatic rings. The van der Waals surface area contributed by atoms with Crippen LogP contribution in [0.3, 0.4) is 0 Å². The van der Waals surface area contributed by atoms with E-state index in [2.05, 4.69) is 19.8 Å². The molecular formula is C14H25N5O. The number of hydrogen-bond donors (Lipinski definition) is 1. The van der Waals surface area contributed by atoms with E-state index in [1.165, 1.54) is 0 Å². The molecule has 0 atom stereocenters. The number of anilines is 1. The number of rotatable bonds is 5. The number of aromatic nitrogens is 2. The highest BCUT2D eigenvalue weighted by atomic mass is 16.5. The summed E-state index contributed by atoms with van der Waals surface area (Å²) >= 11 is 0. The van der Waals surface area contributed by atoms with Gasteiger partial charge in [-0.15, -0.1) is 0 Å². The Balaban J connectivity index is 2.01. The Hall–Kier alpha value is -1.40. The van der Waals surface area contributed by atoms with Crippen LogP contribution in [0.25, 0.3) is 0 Å². The summed E-state index contributed by atoms with van der Waals surface area (Å²) in [4.78, 5) is 13.6. The van der Waals surface area contributed by atoms with Gasteiger partial charge in [-0.25, -0.2) is 4.98 Å². The predicted octanol–water partition coefficient (Wildman–Crippen LogP) is 0.655. The number of nitrogens with zero attached hydrogens (tertiary/aromatic N) is 4. The van der Waals surface area contributed by atoms with Gasteiger partial charge in [0.15, 0.2) is 0 Å². The minimum Gasteiger partial charge on any atom is -0.481 e. The van der Waals surface area contributed by atoms with Crippen molar-refractivity contribution >= 4 is 5.82 Å². The van der Waals surface area contributed by atoms with Gasteiger partial charge in [-0.05, 0) is 39.4 Å². The van der Waals surface area contributed by atoms with Gasteiger partial charge in [0.1, 0.15) is 11.6 Å². The molecule has 20 heavy (non-hydrogen) atoms. The average molecular weight is 279 g/mol. The molecule has 1 saturated heterocycles. The molecule has 2 N–H and O–H groups in total. The molecular weight excluding hydrogens is 254 g/mol. The summed E-state index contributed by atoms with van der Waals surface area (Å²) in [6.07, 6.45) is 2.22. The fraction of sp³-hybridized carbons (Fsp3) is 0.714. The van der Waals surface area contributed by atoms with Crippen LogP contribution in [0.2, 0.25) is 0 Å². The highest BCUT2D eigenvalue weighted by Crippen LogP contribution is 2.18. The first-order valence-corrected chi connectivity index (χ1v) is 7.30. The topological polar surface area (TPSA) is 67.5 Å². The van der Waals surface area contributed by atoms with E-state index in [4.69, 9.17) is 10.5 Å². The lowest BCUT2D eigenvalue weighted by molar-refractivity contribution is 0.291. The Labute approximate surface area is 120 Å². The van der Waals surface area contributed by atoms with Crippen LogP contribution in [0.4, 0.5) is 5.82 Å². The number of aryl methyl sites for hydroxylation is 1. The molecule has 0 aromatic carbocycles. The van der Waals surface area contributed by atoms with E-state index >= 15 is 0 Å². The van der Waals surface area contributed by atoms with Gasteiger partial charge in [0.25, 0.3) is 0 Å². The van der Waals surface area contributed by atoms with Gasteiger partial charge in [-0.2, -0.15) is 4.98 Å². The molecule has 0 unspecified atom stereocenters. The van der Waals surface area contributed by atoms with Crippen molar-refractivity contribution in [3.8, 4) is 5.88 Å². The number of methoxy groups -OCH3 is 1. The molecule has 0 saturated carbocycles. The highest BCUT2D eigenvalue weighted by molar-refractivity contribution is 5.42. The zero-order chi connectivity index (χ0) is 14.4. The molecule has 112 valence electrons. The third kappa shape index (κ3) is 4.05. The van der Waals surface area contributed by atoms with Crippen molar-refractivity contribution in [3.63, 3.8) is 0 Å². The van der Waals surface area contributed by atoms with Gasteiger partial charge in [0.05, 0.1) is 7.11 Å². The second kappa shape index (κ2) is 7.40. The van der Waals surface area contributed by atoms with Crippen molar-refractivity contribution in [2.24, 2.45) is 5.73 Å². The molecule has 6 nitrogen and oxygen atoms in total. The summed E-state index contributed by atoms with van der Waals surface area (Å²) in [6, 6.07) is 1.92. The fourth-order valence-corrected chi connectivity index (χ4v) is 2.53. The quantitative estimate of drug-likeness (QED) is 0.854. The van der Waals surface area contributed by atoms with E-state index in [1.807, 2.05) is 13.0 Å². The molecule has 1 aliphatic heterocycles. The monoisotopic (exact) mass is 279 g/mol.